The highest BCUT2D eigenvalue weighted by atomic mass is 32.1. The standard InChI is InChI=1S/C15H16N2S2/c18-15(19)16-17(11-13-7-3-1-4-8-13)12-14-9-5-2-6-10-14/h1-10H,11-12H2,(H2,16,18,19). The van der Waals surface area contributed by atoms with Gasteiger partial charge in [-0.05, 0) is 11.1 Å². The van der Waals surface area contributed by atoms with Crippen molar-refractivity contribution in [2.45, 2.75) is 13.1 Å². The molecule has 0 amide bonds. The Hall–Kier alpha value is -1.36. The largest absolute Gasteiger partial charge is 0.304 e. The zero-order chi connectivity index (χ0) is 13.5. The lowest BCUT2D eigenvalue weighted by molar-refractivity contribution is 0.220. The average molecular weight is 288 g/mol. The summed E-state index contributed by atoms with van der Waals surface area (Å²) < 4.78 is 0.479. The molecule has 0 heterocycles. The first-order valence-corrected chi connectivity index (χ1v) is 6.92. The second kappa shape index (κ2) is 7.28. The fourth-order valence-electron chi connectivity index (χ4n) is 1.88. The van der Waals surface area contributed by atoms with Crippen molar-refractivity contribution in [1.29, 1.82) is 0 Å². The topological polar surface area (TPSA) is 15.3 Å². The summed E-state index contributed by atoms with van der Waals surface area (Å²) in [5, 5.41) is 2.06. The lowest BCUT2D eigenvalue weighted by Crippen LogP contribution is -2.38. The maximum atomic E-state index is 5.02. The number of thiol groups is 1. The molecule has 2 rings (SSSR count). The summed E-state index contributed by atoms with van der Waals surface area (Å²) in [7, 11) is 0. The number of rotatable bonds is 5. The molecule has 0 bridgehead atoms. The summed E-state index contributed by atoms with van der Waals surface area (Å²) in [5.74, 6) is 0. The maximum Gasteiger partial charge on any atom is 0.145 e. The summed E-state index contributed by atoms with van der Waals surface area (Å²) in [6, 6.07) is 20.6. The van der Waals surface area contributed by atoms with E-state index in [0.717, 1.165) is 13.1 Å². The average Bonchev–Trinajstić information content (AvgIpc) is 2.40. The van der Waals surface area contributed by atoms with Crippen LogP contribution in [0.25, 0.3) is 0 Å². The lowest BCUT2D eigenvalue weighted by atomic mass is 10.2. The van der Waals surface area contributed by atoms with E-state index in [1.54, 1.807) is 0 Å². The van der Waals surface area contributed by atoms with Crippen molar-refractivity contribution in [2.75, 3.05) is 0 Å². The third-order valence-electron chi connectivity index (χ3n) is 2.69. The van der Waals surface area contributed by atoms with Gasteiger partial charge in [0.25, 0.3) is 0 Å². The highest BCUT2D eigenvalue weighted by molar-refractivity contribution is 8.11. The van der Waals surface area contributed by atoms with Crippen LogP contribution in [0.3, 0.4) is 0 Å². The van der Waals surface area contributed by atoms with E-state index in [0.29, 0.717) is 4.32 Å². The first-order valence-electron chi connectivity index (χ1n) is 6.06. The van der Waals surface area contributed by atoms with E-state index in [-0.39, 0.29) is 0 Å². The Bertz CT molecular complexity index is 473. The number of hydrogen-bond acceptors (Lipinski definition) is 2. The van der Waals surface area contributed by atoms with E-state index in [9.17, 15) is 0 Å². The Labute approximate surface area is 124 Å². The van der Waals surface area contributed by atoms with Crippen molar-refractivity contribution in [3.05, 3.63) is 71.8 Å². The molecular weight excluding hydrogens is 272 g/mol. The molecule has 2 aromatic rings. The Morgan fingerprint density at radius 1 is 0.895 bits per heavy atom. The lowest BCUT2D eigenvalue weighted by Gasteiger charge is -2.23. The first kappa shape index (κ1) is 14.1. The molecule has 0 aliphatic heterocycles. The molecule has 98 valence electrons. The molecule has 2 nitrogen and oxygen atoms in total. The van der Waals surface area contributed by atoms with Crippen LogP contribution >= 0.6 is 24.8 Å². The van der Waals surface area contributed by atoms with Gasteiger partial charge in [-0.15, -0.1) is 12.6 Å². The second-order valence-corrected chi connectivity index (χ2v) is 5.40. The summed E-state index contributed by atoms with van der Waals surface area (Å²) in [4.78, 5) is 0. The van der Waals surface area contributed by atoms with Crippen LogP contribution in [0.2, 0.25) is 0 Å². The van der Waals surface area contributed by atoms with E-state index in [1.165, 1.54) is 11.1 Å². The Morgan fingerprint density at radius 2 is 1.32 bits per heavy atom. The molecule has 0 saturated heterocycles. The molecule has 1 N–H and O–H groups in total. The molecule has 0 unspecified atom stereocenters. The normalized spacial score (nSPS) is 10.4. The zero-order valence-corrected chi connectivity index (χ0v) is 12.2. The van der Waals surface area contributed by atoms with Crippen LogP contribution in [0.15, 0.2) is 60.7 Å². The van der Waals surface area contributed by atoms with Gasteiger partial charge in [0.2, 0.25) is 0 Å². The summed E-state index contributed by atoms with van der Waals surface area (Å²) in [5.41, 5.74) is 5.57. The van der Waals surface area contributed by atoms with Crippen LogP contribution in [-0.4, -0.2) is 9.33 Å². The molecule has 2 aromatic carbocycles. The Morgan fingerprint density at radius 3 is 1.68 bits per heavy atom. The van der Waals surface area contributed by atoms with Gasteiger partial charge in [-0.2, -0.15) is 0 Å². The molecule has 0 aromatic heterocycles. The van der Waals surface area contributed by atoms with Gasteiger partial charge in [-0.3, -0.25) is 0 Å². The van der Waals surface area contributed by atoms with Gasteiger partial charge < -0.3 is 5.43 Å². The fourth-order valence-corrected chi connectivity index (χ4v) is 2.15. The summed E-state index contributed by atoms with van der Waals surface area (Å²) in [6.45, 7) is 1.55. The molecule has 0 aliphatic carbocycles. The number of benzene rings is 2. The SMILES string of the molecule is S=C(S)NN(Cc1ccccc1)Cc1ccccc1. The van der Waals surface area contributed by atoms with E-state index in [4.69, 9.17) is 12.2 Å². The van der Waals surface area contributed by atoms with Crippen molar-refractivity contribution in [3.8, 4) is 0 Å². The van der Waals surface area contributed by atoms with Crippen molar-refractivity contribution in [2.24, 2.45) is 0 Å². The van der Waals surface area contributed by atoms with Crippen LogP contribution in [0, 0.1) is 0 Å². The van der Waals surface area contributed by atoms with Crippen LogP contribution < -0.4 is 5.43 Å². The van der Waals surface area contributed by atoms with E-state index in [1.807, 2.05) is 36.4 Å². The molecule has 0 aliphatic rings. The highest BCUT2D eigenvalue weighted by Gasteiger charge is 2.07. The molecule has 0 spiro atoms. The van der Waals surface area contributed by atoms with Gasteiger partial charge >= 0.3 is 0 Å². The molecule has 0 fully saturated rings. The Kier molecular flexibility index (Phi) is 5.39. The Balaban J connectivity index is 2.06. The highest BCUT2D eigenvalue weighted by Crippen LogP contribution is 2.08. The smallest absolute Gasteiger partial charge is 0.145 e. The summed E-state index contributed by atoms with van der Waals surface area (Å²) >= 11 is 9.16. The van der Waals surface area contributed by atoms with Gasteiger partial charge in [0.05, 0.1) is 0 Å². The molecule has 4 heteroatoms. The second-order valence-electron chi connectivity index (χ2n) is 4.24. The first-order chi connectivity index (χ1) is 9.24. The van der Waals surface area contributed by atoms with Gasteiger partial charge in [-0.1, -0.05) is 72.9 Å². The minimum atomic E-state index is 0.479. The molecule has 19 heavy (non-hydrogen) atoms. The quantitative estimate of drug-likeness (QED) is 0.498. The monoisotopic (exact) mass is 288 g/mol. The molecular formula is C15H16N2S2. The van der Waals surface area contributed by atoms with E-state index in [2.05, 4.69) is 47.3 Å². The minimum Gasteiger partial charge on any atom is -0.304 e. The molecule has 0 atom stereocenters. The van der Waals surface area contributed by atoms with Gasteiger partial charge in [0.1, 0.15) is 4.32 Å². The minimum absolute atomic E-state index is 0.479. The van der Waals surface area contributed by atoms with Gasteiger partial charge in [-0.25, -0.2) is 5.01 Å². The fraction of sp³-hybridized carbons (Fsp3) is 0.133. The predicted molar refractivity (Wildman–Crippen MR) is 86.9 cm³/mol. The number of thiocarbonyl (C=S) groups is 1. The van der Waals surface area contributed by atoms with Crippen molar-refractivity contribution in [3.63, 3.8) is 0 Å². The number of nitrogens with zero attached hydrogens (tertiary/aromatic N) is 1. The maximum absolute atomic E-state index is 5.02. The molecule has 0 radical (unpaired) electrons. The van der Waals surface area contributed by atoms with Crippen LogP contribution in [-0.2, 0) is 13.1 Å². The molecule has 0 saturated carbocycles. The van der Waals surface area contributed by atoms with E-state index >= 15 is 0 Å². The van der Waals surface area contributed by atoms with Crippen LogP contribution in [0.5, 0.6) is 0 Å². The summed E-state index contributed by atoms with van der Waals surface area (Å²) in [6.07, 6.45) is 0. The number of hydrogen-bond donors (Lipinski definition) is 2. The van der Waals surface area contributed by atoms with Gasteiger partial charge in [0.15, 0.2) is 0 Å². The number of nitrogens with one attached hydrogen (secondary N) is 1. The van der Waals surface area contributed by atoms with Crippen LogP contribution in [0.4, 0.5) is 0 Å². The van der Waals surface area contributed by atoms with Crippen molar-refractivity contribution < 1.29 is 0 Å². The van der Waals surface area contributed by atoms with Gasteiger partial charge in [0, 0.05) is 13.1 Å². The number of hydrazine groups is 1. The zero-order valence-electron chi connectivity index (χ0n) is 10.5. The van der Waals surface area contributed by atoms with Crippen molar-refractivity contribution in [1.82, 2.24) is 10.4 Å². The predicted octanol–water partition coefficient (Wildman–Crippen LogP) is 3.41. The van der Waals surface area contributed by atoms with Crippen LogP contribution in [0.1, 0.15) is 11.1 Å². The third kappa shape index (κ3) is 5.03. The third-order valence-corrected chi connectivity index (χ3v) is 2.88. The van der Waals surface area contributed by atoms with E-state index < -0.39 is 0 Å². The van der Waals surface area contributed by atoms with Crippen molar-refractivity contribution >= 4 is 29.2 Å².